The van der Waals surface area contributed by atoms with E-state index in [1.807, 2.05) is 0 Å². The lowest BCUT2D eigenvalue weighted by Crippen LogP contribution is -2.36. The molecule has 0 radical (unpaired) electrons. The molecule has 0 N–H and O–H groups in total. The van der Waals surface area contributed by atoms with Gasteiger partial charge in [0.25, 0.3) is 0 Å². The standard InChI is InChI=1S/C13H20O/c1-9-8-13(4)7-5-6-10(14)11(9)12(13,2)3/h8,11H,5-7H2,1-4H3/t11-,13-/m0/s1. The summed E-state index contributed by atoms with van der Waals surface area (Å²) in [5.74, 6) is 0.653. The van der Waals surface area contributed by atoms with Crippen LogP contribution < -0.4 is 0 Å². The van der Waals surface area contributed by atoms with Gasteiger partial charge in [-0.15, -0.1) is 0 Å². The molecule has 2 aliphatic carbocycles. The molecule has 0 aromatic rings. The summed E-state index contributed by atoms with van der Waals surface area (Å²) in [7, 11) is 0. The highest BCUT2D eigenvalue weighted by Crippen LogP contribution is 2.58. The molecule has 2 atom stereocenters. The van der Waals surface area contributed by atoms with Crippen LogP contribution in [-0.2, 0) is 4.79 Å². The Labute approximate surface area is 86.6 Å². The van der Waals surface area contributed by atoms with Gasteiger partial charge in [0.1, 0.15) is 5.78 Å². The third kappa shape index (κ3) is 1.04. The molecule has 1 fully saturated rings. The number of allylic oxidation sites excluding steroid dienone is 2. The third-order valence-electron chi connectivity index (χ3n) is 4.64. The number of fused-ring (bicyclic) bond motifs is 2. The van der Waals surface area contributed by atoms with Crippen molar-refractivity contribution in [1.82, 2.24) is 0 Å². The van der Waals surface area contributed by atoms with Crippen LogP contribution in [0.1, 0.15) is 47.0 Å². The Bertz CT molecular complexity index is 311. The fourth-order valence-corrected chi connectivity index (χ4v) is 3.50. The Balaban J connectivity index is 2.53. The Morgan fingerprint density at radius 1 is 1.36 bits per heavy atom. The van der Waals surface area contributed by atoms with Gasteiger partial charge in [0, 0.05) is 12.3 Å². The minimum Gasteiger partial charge on any atom is -0.299 e. The summed E-state index contributed by atoms with van der Waals surface area (Å²) in [6.45, 7) is 8.96. The first-order chi connectivity index (χ1) is 6.38. The van der Waals surface area contributed by atoms with E-state index < -0.39 is 0 Å². The van der Waals surface area contributed by atoms with Gasteiger partial charge in [-0.3, -0.25) is 4.79 Å². The largest absolute Gasteiger partial charge is 0.299 e. The predicted octanol–water partition coefficient (Wildman–Crippen LogP) is 3.35. The molecule has 1 heteroatoms. The van der Waals surface area contributed by atoms with Gasteiger partial charge in [-0.2, -0.15) is 0 Å². The summed E-state index contributed by atoms with van der Waals surface area (Å²) in [6.07, 6.45) is 5.38. The highest BCUT2D eigenvalue weighted by Gasteiger charge is 2.53. The summed E-state index contributed by atoms with van der Waals surface area (Å²) in [5, 5.41) is 0. The maximum absolute atomic E-state index is 12.0. The van der Waals surface area contributed by atoms with Crippen molar-refractivity contribution >= 4 is 5.78 Å². The number of hydrogen-bond donors (Lipinski definition) is 0. The van der Waals surface area contributed by atoms with Gasteiger partial charge in [-0.05, 0) is 30.6 Å². The van der Waals surface area contributed by atoms with Crippen molar-refractivity contribution in [2.24, 2.45) is 16.7 Å². The Morgan fingerprint density at radius 3 is 2.64 bits per heavy atom. The van der Waals surface area contributed by atoms with Crippen LogP contribution in [-0.4, -0.2) is 5.78 Å². The molecular formula is C13H20O. The van der Waals surface area contributed by atoms with Crippen LogP contribution in [0, 0.1) is 16.7 Å². The summed E-state index contributed by atoms with van der Waals surface area (Å²) < 4.78 is 0. The van der Waals surface area contributed by atoms with E-state index in [0.717, 1.165) is 12.8 Å². The van der Waals surface area contributed by atoms with Gasteiger partial charge in [-0.1, -0.05) is 32.4 Å². The first kappa shape index (κ1) is 9.95. The molecule has 0 aliphatic heterocycles. The number of hydrogen-bond acceptors (Lipinski definition) is 1. The van der Waals surface area contributed by atoms with E-state index in [-0.39, 0.29) is 16.7 Å². The van der Waals surface area contributed by atoms with E-state index in [0.29, 0.717) is 5.78 Å². The van der Waals surface area contributed by atoms with Gasteiger partial charge < -0.3 is 0 Å². The highest BCUT2D eigenvalue weighted by atomic mass is 16.1. The molecule has 0 amide bonds. The van der Waals surface area contributed by atoms with Crippen LogP contribution in [0.15, 0.2) is 11.6 Å². The maximum atomic E-state index is 12.0. The van der Waals surface area contributed by atoms with Gasteiger partial charge in [0.15, 0.2) is 0 Å². The molecule has 0 heterocycles. The van der Waals surface area contributed by atoms with E-state index >= 15 is 0 Å². The Morgan fingerprint density at radius 2 is 2.00 bits per heavy atom. The zero-order chi connectivity index (χ0) is 10.6. The molecule has 0 aromatic carbocycles. The van der Waals surface area contributed by atoms with Crippen LogP contribution in [0.5, 0.6) is 0 Å². The van der Waals surface area contributed by atoms with Crippen LogP contribution in [0.4, 0.5) is 0 Å². The number of Topliss-reactive ketones (excluding diaryl/α,β-unsaturated/α-hetero) is 1. The van der Waals surface area contributed by atoms with E-state index in [4.69, 9.17) is 0 Å². The fourth-order valence-electron chi connectivity index (χ4n) is 3.50. The van der Waals surface area contributed by atoms with Crippen LogP contribution >= 0.6 is 0 Å². The zero-order valence-corrected chi connectivity index (χ0v) is 9.68. The molecule has 1 saturated carbocycles. The second-order valence-corrected chi connectivity index (χ2v) is 5.78. The average molecular weight is 192 g/mol. The molecule has 2 rings (SSSR count). The van der Waals surface area contributed by atoms with E-state index in [1.165, 1.54) is 12.0 Å². The van der Waals surface area contributed by atoms with Crippen molar-refractivity contribution in [3.8, 4) is 0 Å². The van der Waals surface area contributed by atoms with Crippen LogP contribution in [0.2, 0.25) is 0 Å². The SMILES string of the molecule is CC1=C[C@]2(C)CCCC(=O)[C@H]1C2(C)C. The molecule has 0 saturated heterocycles. The average Bonchev–Trinajstić information content (AvgIpc) is 2.11. The molecule has 0 aromatic heterocycles. The number of rotatable bonds is 0. The van der Waals surface area contributed by atoms with Crippen molar-refractivity contribution in [3.05, 3.63) is 11.6 Å². The van der Waals surface area contributed by atoms with Crippen molar-refractivity contribution < 1.29 is 4.79 Å². The molecule has 1 nitrogen and oxygen atoms in total. The van der Waals surface area contributed by atoms with Crippen molar-refractivity contribution in [1.29, 1.82) is 0 Å². The zero-order valence-electron chi connectivity index (χ0n) is 9.68. The van der Waals surface area contributed by atoms with Crippen LogP contribution in [0.25, 0.3) is 0 Å². The quantitative estimate of drug-likeness (QED) is 0.538. The minimum atomic E-state index is 0.130. The minimum absolute atomic E-state index is 0.130. The normalized spacial score (nSPS) is 40.7. The summed E-state index contributed by atoms with van der Waals surface area (Å²) in [4.78, 5) is 12.0. The van der Waals surface area contributed by atoms with E-state index in [1.54, 1.807) is 0 Å². The summed E-state index contributed by atoms with van der Waals surface area (Å²) >= 11 is 0. The van der Waals surface area contributed by atoms with E-state index in [9.17, 15) is 4.79 Å². The third-order valence-corrected chi connectivity index (χ3v) is 4.64. The maximum Gasteiger partial charge on any atom is 0.140 e. The highest BCUT2D eigenvalue weighted by molar-refractivity contribution is 5.86. The van der Waals surface area contributed by atoms with Crippen molar-refractivity contribution in [2.45, 2.75) is 47.0 Å². The van der Waals surface area contributed by atoms with Gasteiger partial charge in [0.2, 0.25) is 0 Å². The molecule has 2 aliphatic rings. The Kier molecular flexibility index (Phi) is 1.93. The van der Waals surface area contributed by atoms with Gasteiger partial charge >= 0.3 is 0 Å². The number of carbonyl (C=O) groups excluding carboxylic acids is 1. The molecule has 0 unspecified atom stereocenters. The monoisotopic (exact) mass is 192 g/mol. The Hall–Kier alpha value is -0.590. The van der Waals surface area contributed by atoms with Gasteiger partial charge in [-0.25, -0.2) is 0 Å². The first-order valence-corrected chi connectivity index (χ1v) is 5.60. The molecule has 0 spiro atoms. The van der Waals surface area contributed by atoms with Gasteiger partial charge in [0.05, 0.1) is 0 Å². The summed E-state index contributed by atoms with van der Waals surface area (Å²) in [6, 6.07) is 0. The smallest absolute Gasteiger partial charge is 0.140 e. The lowest BCUT2D eigenvalue weighted by Gasteiger charge is -2.39. The first-order valence-electron chi connectivity index (χ1n) is 5.60. The molecule has 14 heavy (non-hydrogen) atoms. The number of carbonyl (C=O) groups is 1. The van der Waals surface area contributed by atoms with Crippen LogP contribution in [0.3, 0.4) is 0 Å². The second-order valence-electron chi connectivity index (χ2n) is 5.78. The predicted molar refractivity (Wildman–Crippen MR) is 58.0 cm³/mol. The van der Waals surface area contributed by atoms with Crippen molar-refractivity contribution in [2.75, 3.05) is 0 Å². The lowest BCUT2D eigenvalue weighted by atomic mass is 9.63. The van der Waals surface area contributed by atoms with Crippen molar-refractivity contribution in [3.63, 3.8) is 0 Å². The fraction of sp³-hybridized carbons (Fsp3) is 0.769. The number of ketones is 1. The second kappa shape index (κ2) is 2.71. The topological polar surface area (TPSA) is 17.1 Å². The summed E-state index contributed by atoms with van der Waals surface area (Å²) in [5.41, 5.74) is 1.68. The molecule has 2 bridgehead atoms. The van der Waals surface area contributed by atoms with E-state index in [2.05, 4.69) is 33.8 Å². The molecule has 78 valence electrons. The molecular weight excluding hydrogens is 172 g/mol. The lowest BCUT2D eigenvalue weighted by molar-refractivity contribution is -0.124.